The highest BCUT2D eigenvalue weighted by Crippen LogP contribution is 2.21. The fourth-order valence-corrected chi connectivity index (χ4v) is 2.32. The van der Waals surface area contributed by atoms with Gasteiger partial charge in [-0.15, -0.1) is 11.3 Å². The number of thiazole rings is 1. The van der Waals surface area contributed by atoms with E-state index in [-0.39, 0.29) is 6.10 Å². The number of aromatic nitrogens is 1. The second-order valence-corrected chi connectivity index (χ2v) is 5.11. The Kier molecular flexibility index (Phi) is 4.33. The molecule has 1 unspecified atom stereocenters. The van der Waals surface area contributed by atoms with Crippen LogP contribution in [-0.2, 0) is 6.61 Å². The maximum Gasteiger partial charge on any atom is 0.140 e. The van der Waals surface area contributed by atoms with Crippen LogP contribution in [0.4, 0.5) is 0 Å². The molecule has 1 aromatic heterocycles. The van der Waals surface area contributed by atoms with Crippen molar-refractivity contribution in [2.45, 2.75) is 33.0 Å². The molecule has 1 atom stereocenters. The van der Waals surface area contributed by atoms with Crippen LogP contribution in [0.3, 0.4) is 0 Å². The molecule has 2 aromatic rings. The molecule has 1 heterocycles. The summed E-state index contributed by atoms with van der Waals surface area (Å²) in [4.78, 5) is 4.34. The lowest BCUT2D eigenvalue weighted by Gasteiger charge is -2.09. The molecule has 0 fully saturated rings. The van der Waals surface area contributed by atoms with Gasteiger partial charge >= 0.3 is 0 Å². The highest BCUT2D eigenvalue weighted by molar-refractivity contribution is 7.09. The van der Waals surface area contributed by atoms with E-state index in [4.69, 9.17) is 4.74 Å². The lowest BCUT2D eigenvalue weighted by molar-refractivity contribution is 0.173. The van der Waals surface area contributed by atoms with Crippen LogP contribution >= 0.6 is 11.3 Å². The maximum absolute atomic E-state index is 9.68. The Hall–Kier alpha value is -1.39. The van der Waals surface area contributed by atoms with Crippen molar-refractivity contribution in [2.24, 2.45) is 0 Å². The molecule has 0 aliphatic heterocycles. The van der Waals surface area contributed by atoms with Crippen molar-refractivity contribution in [2.75, 3.05) is 0 Å². The van der Waals surface area contributed by atoms with Gasteiger partial charge in [-0.3, -0.25) is 0 Å². The Morgan fingerprint density at radius 2 is 2.06 bits per heavy atom. The van der Waals surface area contributed by atoms with Crippen molar-refractivity contribution < 1.29 is 9.84 Å². The molecule has 96 valence electrons. The van der Waals surface area contributed by atoms with Crippen molar-refractivity contribution in [3.8, 4) is 5.75 Å². The van der Waals surface area contributed by atoms with E-state index in [1.807, 2.05) is 43.5 Å². The normalized spacial score (nSPS) is 12.4. The number of hydrogen-bond acceptors (Lipinski definition) is 4. The van der Waals surface area contributed by atoms with Crippen LogP contribution in [-0.4, -0.2) is 10.1 Å². The highest BCUT2D eigenvalue weighted by atomic mass is 32.1. The molecule has 3 nitrogen and oxygen atoms in total. The molecular weight excluding hydrogens is 246 g/mol. The van der Waals surface area contributed by atoms with Gasteiger partial charge in [0.05, 0.1) is 6.10 Å². The van der Waals surface area contributed by atoms with E-state index >= 15 is 0 Å². The summed E-state index contributed by atoms with van der Waals surface area (Å²) in [6.07, 6.45) is 0.333. The number of benzene rings is 1. The van der Waals surface area contributed by atoms with Crippen LogP contribution < -0.4 is 4.74 Å². The third-order valence-electron chi connectivity index (χ3n) is 2.68. The summed E-state index contributed by atoms with van der Waals surface area (Å²) in [6.45, 7) is 4.43. The summed E-state index contributed by atoms with van der Waals surface area (Å²) < 4.78 is 5.64. The number of aliphatic hydroxyl groups excluding tert-OH is 1. The monoisotopic (exact) mass is 263 g/mol. The number of hydrogen-bond donors (Lipinski definition) is 1. The van der Waals surface area contributed by atoms with E-state index in [1.165, 1.54) is 0 Å². The lowest BCUT2D eigenvalue weighted by atomic mass is 10.1. The van der Waals surface area contributed by atoms with Crippen LogP contribution in [0.5, 0.6) is 5.75 Å². The maximum atomic E-state index is 9.68. The summed E-state index contributed by atoms with van der Waals surface area (Å²) in [5.74, 6) is 0.801. The van der Waals surface area contributed by atoms with E-state index < -0.39 is 0 Å². The van der Waals surface area contributed by atoms with Crippen molar-refractivity contribution >= 4 is 11.3 Å². The van der Waals surface area contributed by atoms with E-state index in [9.17, 15) is 5.11 Å². The summed E-state index contributed by atoms with van der Waals surface area (Å²) in [6, 6.07) is 7.57. The molecule has 0 saturated carbocycles. The van der Waals surface area contributed by atoms with Gasteiger partial charge < -0.3 is 9.84 Å². The molecule has 2 rings (SSSR count). The molecule has 1 aromatic carbocycles. The molecule has 0 saturated heterocycles. The number of nitrogens with zero attached hydrogens (tertiary/aromatic N) is 1. The Morgan fingerprint density at radius 1 is 1.33 bits per heavy atom. The first-order chi connectivity index (χ1) is 8.69. The second kappa shape index (κ2) is 5.98. The van der Waals surface area contributed by atoms with Gasteiger partial charge in [0.1, 0.15) is 17.4 Å². The zero-order valence-corrected chi connectivity index (χ0v) is 11.4. The van der Waals surface area contributed by atoms with Crippen LogP contribution in [0.25, 0.3) is 0 Å². The average Bonchev–Trinajstić information content (AvgIpc) is 2.82. The van der Waals surface area contributed by atoms with Crippen LogP contribution in [0.1, 0.15) is 35.7 Å². The minimum atomic E-state index is -0.388. The topological polar surface area (TPSA) is 42.4 Å². The quantitative estimate of drug-likeness (QED) is 0.898. The second-order valence-electron chi connectivity index (χ2n) is 4.16. The number of ether oxygens (including phenoxy) is 1. The molecular formula is C14H17NO2S. The molecule has 0 spiro atoms. The van der Waals surface area contributed by atoms with Gasteiger partial charge in [0.25, 0.3) is 0 Å². The largest absolute Gasteiger partial charge is 0.486 e. The van der Waals surface area contributed by atoms with Crippen LogP contribution in [0.2, 0.25) is 0 Å². The number of aryl methyl sites for hydroxylation is 1. The Bertz CT molecular complexity index is 493. The SMILES string of the molecule is CCC(O)c1ccc(OCc2nc(C)cs2)cc1. The van der Waals surface area contributed by atoms with Crippen LogP contribution in [0, 0.1) is 6.92 Å². The Labute approximate surface area is 111 Å². The van der Waals surface area contributed by atoms with E-state index in [0.717, 1.165) is 28.4 Å². The summed E-state index contributed by atoms with van der Waals surface area (Å²) in [5, 5.41) is 12.7. The van der Waals surface area contributed by atoms with Gasteiger partial charge in [-0.2, -0.15) is 0 Å². The van der Waals surface area contributed by atoms with Gasteiger partial charge in [0.2, 0.25) is 0 Å². The standard InChI is InChI=1S/C14H17NO2S/c1-3-13(16)11-4-6-12(7-5-11)17-8-14-15-10(2)9-18-14/h4-7,9,13,16H,3,8H2,1-2H3. The van der Waals surface area contributed by atoms with Gasteiger partial charge in [-0.05, 0) is 31.0 Å². The zero-order chi connectivity index (χ0) is 13.0. The summed E-state index contributed by atoms with van der Waals surface area (Å²) >= 11 is 1.60. The smallest absolute Gasteiger partial charge is 0.140 e. The van der Waals surface area contributed by atoms with Gasteiger partial charge in [0, 0.05) is 11.1 Å². The van der Waals surface area contributed by atoms with Crippen molar-refractivity contribution in [3.63, 3.8) is 0 Å². The first kappa shape index (κ1) is 13.1. The van der Waals surface area contributed by atoms with Crippen molar-refractivity contribution in [3.05, 3.63) is 45.9 Å². The predicted molar refractivity (Wildman–Crippen MR) is 72.9 cm³/mol. The third-order valence-corrected chi connectivity index (χ3v) is 3.62. The first-order valence-electron chi connectivity index (χ1n) is 6.01. The Balaban J connectivity index is 1.94. The minimum absolute atomic E-state index is 0.388. The Morgan fingerprint density at radius 3 is 2.61 bits per heavy atom. The summed E-state index contributed by atoms with van der Waals surface area (Å²) in [5.41, 5.74) is 1.95. The predicted octanol–water partition coefficient (Wildman–Crippen LogP) is 3.47. The number of rotatable bonds is 5. The van der Waals surface area contributed by atoms with E-state index in [1.54, 1.807) is 11.3 Å². The molecule has 18 heavy (non-hydrogen) atoms. The minimum Gasteiger partial charge on any atom is -0.486 e. The first-order valence-corrected chi connectivity index (χ1v) is 6.89. The molecule has 1 N–H and O–H groups in total. The molecule has 4 heteroatoms. The van der Waals surface area contributed by atoms with E-state index in [2.05, 4.69) is 4.98 Å². The van der Waals surface area contributed by atoms with Crippen molar-refractivity contribution in [1.82, 2.24) is 4.98 Å². The molecule has 0 amide bonds. The van der Waals surface area contributed by atoms with Gasteiger partial charge in [0.15, 0.2) is 0 Å². The molecule has 0 radical (unpaired) electrons. The molecule has 0 aliphatic rings. The van der Waals surface area contributed by atoms with Crippen LogP contribution in [0.15, 0.2) is 29.6 Å². The lowest BCUT2D eigenvalue weighted by Crippen LogP contribution is -1.97. The fraction of sp³-hybridized carbons (Fsp3) is 0.357. The highest BCUT2D eigenvalue weighted by Gasteiger charge is 2.05. The van der Waals surface area contributed by atoms with Gasteiger partial charge in [-0.25, -0.2) is 4.98 Å². The summed E-state index contributed by atoms with van der Waals surface area (Å²) in [7, 11) is 0. The average molecular weight is 263 g/mol. The fourth-order valence-electron chi connectivity index (χ4n) is 1.64. The van der Waals surface area contributed by atoms with Crippen molar-refractivity contribution in [1.29, 1.82) is 0 Å². The zero-order valence-electron chi connectivity index (χ0n) is 10.6. The van der Waals surface area contributed by atoms with Gasteiger partial charge in [-0.1, -0.05) is 19.1 Å². The number of aliphatic hydroxyl groups is 1. The van der Waals surface area contributed by atoms with E-state index in [0.29, 0.717) is 6.61 Å². The third kappa shape index (κ3) is 3.31. The molecule has 0 aliphatic carbocycles. The molecule has 0 bridgehead atoms.